The SMILES string of the molecule is COc1cc2cc(OCCc3ccccc3)ccc2cc1OCCc1ccccc1. The van der Waals surface area contributed by atoms with Crippen molar-refractivity contribution in [2.24, 2.45) is 0 Å². The predicted molar refractivity (Wildman–Crippen MR) is 122 cm³/mol. The molecule has 152 valence electrons. The molecule has 3 heteroatoms. The lowest BCUT2D eigenvalue weighted by Crippen LogP contribution is -2.03. The molecule has 0 saturated carbocycles. The van der Waals surface area contributed by atoms with Crippen LogP contribution in [0.2, 0.25) is 0 Å². The summed E-state index contributed by atoms with van der Waals surface area (Å²) in [6.07, 6.45) is 1.74. The van der Waals surface area contributed by atoms with Gasteiger partial charge in [-0.15, -0.1) is 0 Å². The zero-order valence-corrected chi connectivity index (χ0v) is 17.2. The van der Waals surface area contributed by atoms with Crippen molar-refractivity contribution in [1.29, 1.82) is 0 Å². The van der Waals surface area contributed by atoms with Crippen LogP contribution < -0.4 is 14.2 Å². The average Bonchev–Trinajstić information content (AvgIpc) is 2.80. The molecule has 0 aromatic heterocycles. The number of benzene rings is 4. The van der Waals surface area contributed by atoms with Crippen molar-refractivity contribution in [3.8, 4) is 17.2 Å². The van der Waals surface area contributed by atoms with Crippen LogP contribution >= 0.6 is 0 Å². The Morgan fingerprint density at radius 2 is 1.17 bits per heavy atom. The summed E-state index contributed by atoms with van der Waals surface area (Å²) >= 11 is 0. The van der Waals surface area contributed by atoms with Crippen molar-refractivity contribution in [3.63, 3.8) is 0 Å². The molecule has 0 aliphatic carbocycles. The average molecular weight is 399 g/mol. The van der Waals surface area contributed by atoms with Gasteiger partial charge in [-0.25, -0.2) is 0 Å². The van der Waals surface area contributed by atoms with Crippen molar-refractivity contribution in [2.75, 3.05) is 20.3 Å². The topological polar surface area (TPSA) is 27.7 Å². The molecule has 0 amide bonds. The number of methoxy groups -OCH3 is 1. The molecular weight excluding hydrogens is 372 g/mol. The van der Waals surface area contributed by atoms with Crippen LogP contribution in [-0.2, 0) is 12.8 Å². The van der Waals surface area contributed by atoms with Gasteiger partial charge in [0.15, 0.2) is 11.5 Å². The van der Waals surface area contributed by atoms with Crippen molar-refractivity contribution in [3.05, 3.63) is 102 Å². The van der Waals surface area contributed by atoms with Gasteiger partial charge in [-0.05, 0) is 46.2 Å². The Morgan fingerprint density at radius 3 is 1.80 bits per heavy atom. The van der Waals surface area contributed by atoms with Crippen LogP contribution in [0.3, 0.4) is 0 Å². The standard InChI is InChI=1S/C27H26O3/c1-28-26-20-24-18-25(29-16-14-21-8-4-2-5-9-21)13-12-23(24)19-27(26)30-17-15-22-10-6-3-7-11-22/h2-13,18-20H,14-17H2,1H3. The van der Waals surface area contributed by atoms with E-state index in [0.717, 1.165) is 40.9 Å². The van der Waals surface area contributed by atoms with E-state index in [2.05, 4.69) is 48.5 Å². The Bertz CT molecular complexity index is 1080. The van der Waals surface area contributed by atoms with E-state index in [1.165, 1.54) is 11.1 Å². The lowest BCUT2D eigenvalue weighted by Gasteiger charge is -2.13. The molecule has 0 aliphatic heterocycles. The quantitative estimate of drug-likeness (QED) is 0.341. The maximum atomic E-state index is 6.03. The first-order chi connectivity index (χ1) is 14.8. The van der Waals surface area contributed by atoms with E-state index >= 15 is 0 Å². The molecule has 0 spiro atoms. The molecule has 0 fully saturated rings. The zero-order chi connectivity index (χ0) is 20.6. The summed E-state index contributed by atoms with van der Waals surface area (Å²) in [5.74, 6) is 2.36. The van der Waals surface area contributed by atoms with Crippen LogP contribution in [0.5, 0.6) is 17.2 Å². The summed E-state index contributed by atoms with van der Waals surface area (Å²) in [4.78, 5) is 0. The second kappa shape index (κ2) is 9.84. The van der Waals surface area contributed by atoms with E-state index in [0.29, 0.717) is 13.2 Å². The second-order valence-electron chi connectivity index (χ2n) is 7.18. The van der Waals surface area contributed by atoms with Gasteiger partial charge in [-0.2, -0.15) is 0 Å². The summed E-state index contributed by atoms with van der Waals surface area (Å²) in [5.41, 5.74) is 2.53. The molecule has 0 radical (unpaired) electrons. The zero-order valence-electron chi connectivity index (χ0n) is 17.2. The lowest BCUT2D eigenvalue weighted by molar-refractivity contribution is 0.298. The summed E-state index contributed by atoms with van der Waals surface area (Å²) in [7, 11) is 1.67. The number of hydrogen-bond donors (Lipinski definition) is 0. The van der Waals surface area contributed by atoms with Gasteiger partial charge >= 0.3 is 0 Å². The molecule has 0 unspecified atom stereocenters. The van der Waals surface area contributed by atoms with Gasteiger partial charge < -0.3 is 14.2 Å². The summed E-state index contributed by atoms with van der Waals surface area (Å²) in [6.45, 7) is 1.25. The lowest BCUT2D eigenvalue weighted by atomic mass is 10.1. The first kappa shape index (κ1) is 19.8. The Labute approximate surface area is 177 Å². The van der Waals surface area contributed by atoms with Crippen LogP contribution in [0.15, 0.2) is 91.0 Å². The van der Waals surface area contributed by atoms with Crippen LogP contribution in [0.4, 0.5) is 0 Å². The summed E-state index contributed by atoms with van der Waals surface area (Å²) in [6, 6.07) is 30.9. The van der Waals surface area contributed by atoms with Crippen molar-refractivity contribution < 1.29 is 14.2 Å². The van der Waals surface area contributed by atoms with E-state index in [-0.39, 0.29) is 0 Å². The van der Waals surface area contributed by atoms with Crippen LogP contribution in [0.25, 0.3) is 10.8 Å². The fourth-order valence-corrected chi connectivity index (χ4v) is 3.45. The van der Waals surface area contributed by atoms with Gasteiger partial charge in [-0.1, -0.05) is 66.7 Å². The molecule has 0 bridgehead atoms. The third kappa shape index (κ3) is 5.12. The molecule has 0 N–H and O–H groups in total. The second-order valence-corrected chi connectivity index (χ2v) is 7.18. The fraction of sp³-hybridized carbons (Fsp3) is 0.185. The highest BCUT2D eigenvalue weighted by Crippen LogP contribution is 2.34. The Balaban J connectivity index is 1.41. The van der Waals surface area contributed by atoms with Gasteiger partial charge in [0.05, 0.1) is 20.3 Å². The van der Waals surface area contributed by atoms with E-state index in [1.54, 1.807) is 7.11 Å². The Morgan fingerprint density at radius 1 is 0.567 bits per heavy atom. The minimum atomic E-state index is 0.604. The number of hydrogen-bond acceptors (Lipinski definition) is 3. The molecule has 4 aromatic rings. The van der Waals surface area contributed by atoms with Gasteiger partial charge in [0.25, 0.3) is 0 Å². The summed E-state index contributed by atoms with van der Waals surface area (Å²) < 4.78 is 17.6. The molecule has 0 saturated heterocycles. The molecule has 0 atom stereocenters. The first-order valence-electron chi connectivity index (χ1n) is 10.3. The highest BCUT2D eigenvalue weighted by Gasteiger charge is 2.08. The highest BCUT2D eigenvalue weighted by atomic mass is 16.5. The van der Waals surface area contributed by atoms with Crippen LogP contribution in [0.1, 0.15) is 11.1 Å². The first-order valence-corrected chi connectivity index (χ1v) is 10.3. The maximum Gasteiger partial charge on any atom is 0.161 e. The number of ether oxygens (including phenoxy) is 3. The van der Waals surface area contributed by atoms with Gasteiger partial charge in [0, 0.05) is 12.8 Å². The fourth-order valence-electron chi connectivity index (χ4n) is 3.45. The molecule has 3 nitrogen and oxygen atoms in total. The monoisotopic (exact) mass is 398 g/mol. The highest BCUT2D eigenvalue weighted by molar-refractivity contribution is 5.87. The molecule has 0 aliphatic rings. The molecule has 0 heterocycles. The Hall–Kier alpha value is -3.46. The van der Waals surface area contributed by atoms with Gasteiger partial charge in [0.2, 0.25) is 0 Å². The number of rotatable bonds is 9. The smallest absolute Gasteiger partial charge is 0.161 e. The largest absolute Gasteiger partial charge is 0.493 e. The van der Waals surface area contributed by atoms with E-state index in [1.807, 2.05) is 42.5 Å². The van der Waals surface area contributed by atoms with E-state index in [4.69, 9.17) is 14.2 Å². The summed E-state index contributed by atoms with van der Waals surface area (Å²) in [5, 5.41) is 2.17. The predicted octanol–water partition coefficient (Wildman–Crippen LogP) is 6.09. The van der Waals surface area contributed by atoms with Crippen molar-refractivity contribution in [1.82, 2.24) is 0 Å². The normalized spacial score (nSPS) is 10.7. The molecule has 4 rings (SSSR count). The van der Waals surface area contributed by atoms with Crippen molar-refractivity contribution >= 4 is 10.8 Å². The Kier molecular flexibility index (Phi) is 6.51. The third-order valence-electron chi connectivity index (χ3n) is 5.09. The van der Waals surface area contributed by atoms with Gasteiger partial charge in [0.1, 0.15) is 5.75 Å². The third-order valence-corrected chi connectivity index (χ3v) is 5.09. The molecule has 4 aromatic carbocycles. The van der Waals surface area contributed by atoms with E-state index < -0.39 is 0 Å². The van der Waals surface area contributed by atoms with E-state index in [9.17, 15) is 0 Å². The van der Waals surface area contributed by atoms with Crippen LogP contribution in [0, 0.1) is 0 Å². The maximum absolute atomic E-state index is 6.03. The van der Waals surface area contributed by atoms with Crippen molar-refractivity contribution in [2.45, 2.75) is 12.8 Å². The minimum Gasteiger partial charge on any atom is -0.493 e. The molecular formula is C27H26O3. The number of fused-ring (bicyclic) bond motifs is 1. The van der Waals surface area contributed by atoms with Crippen LogP contribution in [-0.4, -0.2) is 20.3 Å². The minimum absolute atomic E-state index is 0.604. The van der Waals surface area contributed by atoms with Gasteiger partial charge in [-0.3, -0.25) is 0 Å². The molecule has 30 heavy (non-hydrogen) atoms.